The molecule has 1 atom stereocenters. The zero-order chi connectivity index (χ0) is 14.4. The van der Waals surface area contributed by atoms with E-state index in [1.54, 1.807) is 0 Å². The van der Waals surface area contributed by atoms with Crippen LogP contribution in [-0.4, -0.2) is 23.7 Å². The number of rotatable bonds is 5. The van der Waals surface area contributed by atoms with Crippen molar-refractivity contribution in [3.05, 3.63) is 35.4 Å². The van der Waals surface area contributed by atoms with Crippen LogP contribution < -0.4 is 10.6 Å². The van der Waals surface area contributed by atoms with Crippen molar-refractivity contribution in [2.75, 3.05) is 6.54 Å². The molecule has 0 heterocycles. The number of aliphatic carboxylic acids is 1. The Morgan fingerprint density at radius 1 is 1.30 bits per heavy atom. The second kappa shape index (κ2) is 6.93. The van der Waals surface area contributed by atoms with E-state index in [2.05, 4.69) is 22.8 Å². The third-order valence-electron chi connectivity index (χ3n) is 3.53. The van der Waals surface area contributed by atoms with Gasteiger partial charge in [0.15, 0.2) is 0 Å². The van der Waals surface area contributed by atoms with Crippen molar-refractivity contribution < 1.29 is 14.7 Å². The number of carbonyl (C=O) groups excluding carboxylic acids is 1. The normalized spacial score (nSPS) is 17.1. The second-order valence-electron chi connectivity index (χ2n) is 5.04. The highest BCUT2D eigenvalue weighted by Gasteiger charge is 2.20. The Morgan fingerprint density at radius 3 is 2.90 bits per heavy atom. The van der Waals surface area contributed by atoms with Crippen LogP contribution in [0.3, 0.4) is 0 Å². The standard InChI is InChI=1S/C15H20N2O3/c18-14(19)9-4-10-16-15(20)17-13-8-3-6-11-5-1-2-7-12(11)13/h1-2,5,7,13H,3-4,6,8-10H2,(H,18,19)(H2,16,17,20). The lowest BCUT2D eigenvalue weighted by atomic mass is 9.88. The van der Waals surface area contributed by atoms with Crippen LogP contribution in [-0.2, 0) is 11.2 Å². The van der Waals surface area contributed by atoms with Crippen molar-refractivity contribution in [3.8, 4) is 0 Å². The maximum Gasteiger partial charge on any atom is 0.315 e. The van der Waals surface area contributed by atoms with Crippen LogP contribution in [0.2, 0.25) is 0 Å². The molecule has 1 aliphatic carbocycles. The predicted molar refractivity (Wildman–Crippen MR) is 75.5 cm³/mol. The predicted octanol–water partition coefficient (Wildman–Crippen LogP) is 2.23. The first kappa shape index (κ1) is 14.4. The quantitative estimate of drug-likeness (QED) is 0.722. The SMILES string of the molecule is O=C(O)CCCNC(=O)NC1CCCc2ccccc21. The van der Waals surface area contributed by atoms with Crippen LogP contribution in [0.4, 0.5) is 4.79 Å². The molecular weight excluding hydrogens is 256 g/mol. The smallest absolute Gasteiger partial charge is 0.315 e. The van der Waals surface area contributed by atoms with Gasteiger partial charge in [0, 0.05) is 13.0 Å². The van der Waals surface area contributed by atoms with Crippen LogP contribution in [0.25, 0.3) is 0 Å². The van der Waals surface area contributed by atoms with E-state index in [9.17, 15) is 9.59 Å². The van der Waals surface area contributed by atoms with Crippen molar-refractivity contribution >= 4 is 12.0 Å². The molecule has 0 aromatic heterocycles. The molecule has 2 amide bonds. The minimum absolute atomic E-state index is 0.0550. The molecular formula is C15H20N2O3. The summed E-state index contributed by atoms with van der Waals surface area (Å²) in [6.07, 6.45) is 3.60. The third kappa shape index (κ3) is 3.98. The van der Waals surface area contributed by atoms with Gasteiger partial charge < -0.3 is 15.7 Å². The van der Waals surface area contributed by atoms with Gasteiger partial charge in [0.05, 0.1) is 6.04 Å². The van der Waals surface area contributed by atoms with Crippen molar-refractivity contribution in [1.29, 1.82) is 0 Å². The van der Waals surface area contributed by atoms with E-state index in [4.69, 9.17) is 5.11 Å². The highest BCUT2D eigenvalue weighted by molar-refractivity contribution is 5.74. The Bertz CT molecular complexity index is 488. The molecule has 1 aliphatic rings. The summed E-state index contributed by atoms with van der Waals surface area (Å²) in [6.45, 7) is 0.381. The van der Waals surface area contributed by atoms with Crippen molar-refractivity contribution in [1.82, 2.24) is 10.6 Å². The number of fused-ring (bicyclic) bond motifs is 1. The van der Waals surface area contributed by atoms with E-state index in [1.165, 1.54) is 11.1 Å². The van der Waals surface area contributed by atoms with E-state index in [1.807, 2.05) is 12.1 Å². The summed E-state index contributed by atoms with van der Waals surface area (Å²) in [5.41, 5.74) is 2.49. The van der Waals surface area contributed by atoms with Gasteiger partial charge in [-0.05, 0) is 36.8 Å². The average Bonchev–Trinajstić information content (AvgIpc) is 2.44. The minimum Gasteiger partial charge on any atom is -0.481 e. The Labute approximate surface area is 118 Å². The summed E-state index contributed by atoms with van der Waals surface area (Å²) in [5.74, 6) is -0.839. The molecule has 5 heteroatoms. The van der Waals surface area contributed by atoms with Gasteiger partial charge in [-0.25, -0.2) is 4.79 Å². The first-order chi connectivity index (χ1) is 9.66. The minimum atomic E-state index is -0.839. The van der Waals surface area contributed by atoms with Crippen LogP contribution in [0, 0.1) is 0 Å². The molecule has 0 saturated carbocycles. The van der Waals surface area contributed by atoms with Crippen LogP contribution in [0.15, 0.2) is 24.3 Å². The number of hydrogen-bond acceptors (Lipinski definition) is 2. The molecule has 3 N–H and O–H groups in total. The van der Waals surface area contributed by atoms with Gasteiger partial charge in [-0.15, -0.1) is 0 Å². The largest absolute Gasteiger partial charge is 0.481 e. The molecule has 20 heavy (non-hydrogen) atoms. The Morgan fingerprint density at radius 2 is 2.10 bits per heavy atom. The highest BCUT2D eigenvalue weighted by atomic mass is 16.4. The van der Waals surface area contributed by atoms with Crippen LogP contribution in [0.1, 0.15) is 42.9 Å². The molecule has 1 aromatic carbocycles. The van der Waals surface area contributed by atoms with Gasteiger partial charge in [0.1, 0.15) is 0 Å². The Balaban J connectivity index is 1.82. The average molecular weight is 276 g/mol. The van der Waals surface area contributed by atoms with Gasteiger partial charge in [-0.3, -0.25) is 4.79 Å². The van der Waals surface area contributed by atoms with E-state index in [-0.39, 0.29) is 18.5 Å². The summed E-state index contributed by atoms with van der Waals surface area (Å²) < 4.78 is 0. The summed E-state index contributed by atoms with van der Waals surface area (Å²) in [5, 5.41) is 14.2. The third-order valence-corrected chi connectivity index (χ3v) is 3.53. The first-order valence-corrected chi connectivity index (χ1v) is 7.01. The molecule has 1 unspecified atom stereocenters. The molecule has 5 nitrogen and oxygen atoms in total. The number of urea groups is 1. The fraction of sp³-hybridized carbons (Fsp3) is 0.467. The van der Waals surface area contributed by atoms with Gasteiger partial charge in [-0.2, -0.15) is 0 Å². The zero-order valence-electron chi connectivity index (χ0n) is 11.4. The first-order valence-electron chi connectivity index (χ1n) is 7.01. The molecule has 0 fully saturated rings. The van der Waals surface area contributed by atoms with Gasteiger partial charge in [0.2, 0.25) is 0 Å². The van der Waals surface area contributed by atoms with E-state index in [0.29, 0.717) is 13.0 Å². The maximum atomic E-state index is 11.8. The molecule has 0 bridgehead atoms. The number of aryl methyl sites for hydroxylation is 1. The monoisotopic (exact) mass is 276 g/mol. The fourth-order valence-electron chi connectivity index (χ4n) is 2.55. The van der Waals surface area contributed by atoms with Crippen LogP contribution >= 0.6 is 0 Å². The highest BCUT2D eigenvalue weighted by Crippen LogP contribution is 2.29. The second-order valence-corrected chi connectivity index (χ2v) is 5.04. The maximum absolute atomic E-state index is 11.8. The molecule has 0 saturated heterocycles. The van der Waals surface area contributed by atoms with E-state index >= 15 is 0 Å². The number of nitrogens with one attached hydrogen (secondary N) is 2. The topological polar surface area (TPSA) is 78.4 Å². The Hall–Kier alpha value is -2.04. The van der Waals surface area contributed by atoms with Crippen LogP contribution in [0.5, 0.6) is 0 Å². The fourth-order valence-corrected chi connectivity index (χ4v) is 2.55. The molecule has 0 radical (unpaired) electrons. The molecule has 2 rings (SSSR count). The summed E-state index contributed by atoms with van der Waals surface area (Å²) in [4.78, 5) is 22.2. The Kier molecular flexibility index (Phi) is 4.98. The molecule has 0 aliphatic heterocycles. The number of carboxylic acid groups (broad SMARTS) is 1. The number of benzene rings is 1. The number of amides is 2. The van der Waals surface area contributed by atoms with E-state index < -0.39 is 5.97 Å². The van der Waals surface area contributed by atoms with Crippen molar-refractivity contribution in [2.45, 2.75) is 38.1 Å². The lowest BCUT2D eigenvalue weighted by Crippen LogP contribution is -2.39. The summed E-state index contributed by atoms with van der Waals surface area (Å²) >= 11 is 0. The van der Waals surface area contributed by atoms with Crippen molar-refractivity contribution in [2.24, 2.45) is 0 Å². The molecule has 1 aromatic rings. The number of carboxylic acids is 1. The summed E-state index contributed by atoms with van der Waals surface area (Å²) in [6, 6.07) is 8.01. The van der Waals surface area contributed by atoms with Crippen molar-refractivity contribution in [3.63, 3.8) is 0 Å². The lowest BCUT2D eigenvalue weighted by molar-refractivity contribution is -0.137. The molecule has 0 spiro atoms. The number of hydrogen-bond donors (Lipinski definition) is 3. The number of carbonyl (C=O) groups is 2. The van der Waals surface area contributed by atoms with Gasteiger partial charge in [-0.1, -0.05) is 24.3 Å². The van der Waals surface area contributed by atoms with Gasteiger partial charge in [0.25, 0.3) is 0 Å². The molecule has 108 valence electrons. The zero-order valence-corrected chi connectivity index (χ0v) is 11.4. The summed E-state index contributed by atoms with van der Waals surface area (Å²) in [7, 11) is 0. The van der Waals surface area contributed by atoms with E-state index in [0.717, 1.165) is 19.3 Å². The lowest BCUT2D eigenvalue weighted by Gasteiger charge is -2.26. The van der Waals surface area contributed by atoms with Gasteiger partial charge >= 0.3 is 12.0 Å².